The second-order valence-electron chi connectivity index (χ2n) is 5.47. The fourth-order valence-corrected chi connectivity index (χ4v) is 2.42. The van der Waals surface area contributed by atoms with Crippen LogP contribution in [-0.4, -0.2) is 35.0 Å². The molecule has 22 heavy (non-hydrogen) atoms. The fourth-order valence-electron chi connectivity index (χ4n) is 2.42. The number of hydrogen-bond acceptors (Lipinski definition) is 4. The average Bonchev–Trinajstić information content (AvgIpc) is 3.14. The van der Waals surface area contributed by atoms with E-state index in [9.17, 15) is 4.79 Å². The minimum Gasteiger partial charge on any atom is -0.294 e. The van der Waals surface area contributed by atoms with Crippen molar-refractivity contribution in [3.05, 3.63) is 42.1 Å². The summed E-state index contributed by atoms with van der Waals surface area (Å²) in [5, 5.41) is 10.7. The van der Waals surface area contributed by atoms with Gasteiger partial charge in [0.15, 0.2) is 5.82 Å². The third-order valence-corrected chi connectivity index (χ3v) is 3.74. The van der Waals surface area contributed by atoms with Crippen LogP contribution in [0.4, 0.5) is 11.5 Å². The molecule has 6 nitrogen and oxygen atoms in total. The number of aromatic nitrogens is 2. The molecule has 0 radical (unpaired) electrons. The molecule has 0 aliphatic carbocycles. The number of carbonyl (C=O) groups is 1. The highest BCUT2D eigenvalue weighted by molar-refractivity contribution is 6.05. The van der Waals surface area contributed by atoms with Crippen molar-refractivity contribution in [2.24, 2.45) is 12.1 Å². The number of aryl methyl sites for hydroxylation is 1. The topological polar surface area (TPSA) is 53.7 Å². The van der Waals surface area contributed by atoms with E-state index in [1.807, 2.05) is 55.5 Å². The van der Waals surface area contributed by atoms with E-state index in [1.165, 1.54) is 0 Å². The third kappa shape index (κ3) is 2.72. The molecule has 0 unspecified atom stereocenters. The number of carbonyl (C=O) groups excluding carboxylic acids is 1. The highest BCUT2D eigenvalue weighted by Crippen LogP contribution is 2.21. The number of nitrogens with zero attached hydrogens (tertiary/aromatic N) is 5. The molecule has 2 aromatic rings. The van der Waals surface area contributed by atoms with E-state index in [1.54, 1.807) is 16.6 Å². The Bertz CT molecular complexity index is 716. The van der Waals surface area contributed by atoms with Crippen LogP contribution in [0.3, 0.4) is 0 Å². The number of rotatable bonds is 3. The van der Waals surface area contributed by atoms with Gasteiger partial charge in [-0.15, -0.1) is 0 Å². The molecule has 114 valence electrons. The van der Waals surface area contributed by atoms with Crippen LogP contribution in [0.5, 0.6) is 0 Å². The Kier molecular flexibility index (Phi) is 3.66. The van der Waals surface area contributed by atoms with Crippen molar-refractivity contribution < 1.29 is 4.79 Å². The van der Waals surface area contributed by atoms with Crippen LogP contribution in [0.2, 0.25) is 0 Å². The molecular formula is C16H19N5O. The molecular weight excluding hydrogens is 278 g/mol. The average molecular weight is 297 g/mol. The Balaban J connectivity index is 1.76. The monoisotopic (exact) mass is 297 g/mol. The Labute approximate surface area is 129 Å². The molecule has 1 amide bonds. The first-order chi connectivity index (χ1) is 10.5. The number of amides is 1. The van der Waals surface area contributed by atoms with Crippen molar-refractivity contribution in [3.63, 3.8) is 0 Å². The van der Waals surface area contributed by atoms with Gasteiger partial charge in [0.2, 0.25) is 0 Å². The Morgan fingerprint density at radius 1 is 1.23 bits per heavy atom. The van der Waals surface area contributed by atoms with Gasteiger partial charge in [-0.3, -0.25) is 19.4 Å². The maximum atomic E-state index is 12.5. The molecule has 2 heterocycles. The smallest absolute Gasteiger partial charge is 0.259 e. The van der Waals surface area contributed by atoms with Gasteiger partial charge in [0.1, 0.15) is 0 Å². The van der Waals surface area contributed by atoms with Gasteiger partial charge in [0.25, 0.3) is 5.91 Å². The minimum atomic E-state index is -0.0775. The van der Waals surface area contributed by atoms with E-state index in [0.29, 0.717) is 11.4 Å². The quantitative estimate of drug-likeness (QED) is 0.873. The normalized spacial score (nSPS) is 14.1. The van der Waals surface area contributed by atoms with Crippen molar-refractivity contribution in [2.45, 2.75) is 13.3 Å². The van der Waals surface area contributed by atoms with Crippen LogP contribution in [0.25, 0.3) is 0 Å². The highest BCUT2D eigenvalue weighted by atomic mass is 16.2. The summed E-state index contributed by atoms with van der Waals surface area (Å²) in [6.45, 7) is 2.92. The predicted molar refractivity (Wildman–Crippen MR) is 87.5 cm³/mol. The van der Waals surface area contributed by atoms with Gasteiger partial charge in [-0.1, -0.05) is 0 Å². The molecule has 6 heteroatoms. The van der Waals surface area contributed by atoms with Crippen molar-refractivity contribution in [2.75, 3.05) is 23.5 Å². The lowest BCUT2D eigenvalue weighted by molar-refractivity contribution is 0.0992. The van der Waals surface area contributed by atoms with Gasteiger partial charge in [-0.05, 0) is 31.2 Å². The van der Waals surface area contributed by atoms with Crippen LogP contribution in [0.15, 0.2) is 41.6 Å². The van der Waals surface area contributed by atoms with Gasteiger partial charge < -0.3 is 0 Å². The van der Waals surface area contributed by atoms with Crippen molar-refractivity contribution in [3.8, 4) is 0 Å². The lowest BCUT2D eigenvalue weighted by Gasteiger charge is -2.16. The zero-order chi connectivity index (χ0) is 15.7. The van der Waals surface area contributed by atoms with Gasteiger partial charge in [-0.25, -0.2) is 0 Å². The second kappa shape index (κ2) is 5.63. The molecule has 1 aliphatic heterocycles. The van der Waals surface area contributed by atoms with E-state index < -0.39 is 0 Å². The summed E-state index contributed by atoms with van der Waals surface area (Å²) in [4.78, 5) is 14.0. The lowest BCUT2D eigenvalue weighted by atomic mass is 10.2. The Morgan fingerprint density at radius 2 is 1.95 bits per heavy atom. The maximum Gasteiger partial charge on any atom is 0.259 e. The first-order valence-corrected chi connectivity index (χ1v) is 7.24. The maximum absolute atomic E-state index is 12.5. The summed E-state index contributed by atoms with van der Waals surface area (Å²) in [5.41, 5.74) is 2.78. The van der Waals surface area contributed by atoms with Crippen LogP contribution in [-0.2, 0) is 7.05 Å². The van der Waals surface area contributed by atoms with Gasteiger partial charge in [0, 0.05) is 50.6 Å². The lowest BCUT2D eigenvalue weighted by Crippen LogP contribution is -2.26. The van der Waals surface area contributed by atoms with E-state index in [-0.39, 0.29) is 5.91 Å². The van der Waals surface area contributed by atoms with Crippen LogP contribution in [0.1, 0.15) is 23.7 Å². The first kappa shape index (κ1) is 14.3. The molecule has 1 aliphatic rings. The molecule has 0 saturated carbocycles. The molecule has 0 saturated heterocycles. The summed E-state index contributed by atoms with van der Waals surface area (Å²) in [7, 11) is 3.56. The van der Waals surface area contributed by atoms with Crippen molar-refractivity contribution >= 4 is 23.1 Å². The summed E-state index contributed by atoms with van der Waals surface area (Å²) in [6, 6.07) is 9.34. The molecule has 0 bridgehead atoms. The van der Waals surface area contributed by atoms with Gasteiger partial charge >= 0.3 is 0 Å². The van der Waals surface area contributed by atoms with Crippen LogP contribution in [0, 0.1) is 0 Å². The molecule has 1 aromatic carbocycles. The first-order valence-electron chi connectivity index (χ1n) is 7.24. The predicted octanol–water partition coefficient (Wildman–Crippen LogP) is 2.28. The number of benzene rings is 1. The summed E-state index contributed by atoms with van der Waals surface area (Å²) in [6.07, 6.45) is 2.80. The van der Waals surface area contributed by atoms with E-state index >= 15 is 0 Å². The van der Waals surface area contributed by atoms with Crippen LogP contribution >= 0.6 is 0 Å². The van der Waals surface area contributed by atoms with E-state index in [2.05, 4.69) is 10.2 Å². The zero-order valence-electron chi connectivity index (χ0n) is 13.0. The second-order valence-corrected chi connectivity index (χ2v) is 5.47. The summed E-state index contributed by atoms with van der Waals surface area (Å²) < 4.78 is 1.68. The SMILES string of the molecule is CC1=NN(c2ccc(C(=O)N(C)c3ccn(C)n3)cc2)CC1. The summed E-state index contributed by atoms with van der Waals surface area (Å²) >= 11 is 0. The highest BCUT2D eigenvalue weighted by Gasteiger charge is 2.17. The number of anilines is 2. The van der Waals surface area contributed by atoms with Crippen molar-refractivity contribution in [1.82, 2.24) is 9.78 Å². The molecule has 0 N–H and O–H groups in total. The van der Waals surface area contributed by atoms with E-state index in [0.717, 1.165) is 24.4 Å². The number of hydrogen-bond donors (Lipinski definition) is 0. The summed E-state index contributed by atoms with van der Waals surface area (Å²) in [5.74, 6) is 0.558. The van der Waals surface area contributed by atoms with Crippen LogP contribution < -0.4 is 9.91 Å². The number of hydrazone groups is 1. The van der Waals surface area contributed by atoms with Gasteiger partial charge in [0.05, 0.1) is 5.69 Å². The van der Waals surface area contributed by atoms with E-state index in [4.69, 9.17) is 0 Å². The fraction of sp³-hybridized carbons (Fsp3) is 0.312. The Hall–Kier alpha value is -2.63. The molecule has 0 atom stereocenters. The zero-order valence-corrected chi connectivity index (χ0v) is 13.0. The largest absolute Gasteiger partial charge is 0.294 e. The van der Waals surface area contributed by atoms with Gasteiger partial charge in [-0.2, -0.15) is 10.2 Å². The molecule has 3 rings (SSSR count). The Morgan fingerprint density at radius 3 is 2.50 bits per heavy atom. The molecule has 0 spiro atoms. The van der Waals surface area contributed by atoms with Crippen molar-refractivity contribution in [1.29, 1.82) is 0 Å². The molecule has 1 aromatic heterocycles. The molecule has 0 fully saturated rings. The minimum absolute atomic E-state index is 0.0775. The standard InChI is InChI=1S/C16H19N5O/c1-12-8-11-21(17-12)14-6-4-13(5-7-14)16(22)20(3)15-9-10-19(2)18-15/h4-7,9-10H,8,11H2,1-3H3. The third-order valence-electron chi connectivity index (χ3n) is 3.74.